The van der Waals surface area contributed by atoms with Crippen LogP contribution >= 0.6 is 0 Å². The van der Waals surface area contributed by atoms with Crippen LogP contribution in [0.15, 0.2) is 168 Å². The van der Waals surface area contributed by atoms with Crippen molar-refractivity contribution in [3.05, 3.63) is 186 Å². The third-order valence-electron chi connectivity index (χ3n) is 12.3. The Labute approximate surface area is 320 Å². The molecule has 0 radical (unpaired) electrons. The first-order valence-electron chi connectivity index (χ1n) is 19.3. The Morgan fingerprint density at radius 3 is 2.00 bits per heavy atom. The summed E-state index contributed by atoms with van der Waals surface area (Å²) >= 11 is 0. The summed E-state index contributed by atoms with van der Waals surface area (Å²) in [5, 5.41) is 4.76. The van der Waals surface area contributed by atoms with Gasteiger partial charge in [-0.15, -0.1) is 0 Å². The molecule has 0 atom stereocenters. The van der Waals surface area contributed by atoms with Crippen LogP contribution in [-0.4, -0.2) is 4.57 Å². The molecule has 2 aromatic heterocycles. The SMILES string of the molecule is Cc1ccc(-c2ccc3oc4cccc(-c5ccc6c(c5)c5ccccc5n6-c5ccccc5)c4c3c2)cc1-c1cc2c(cc1C)C(C)(C)c1ccccc1-2. The average molecular weight is 706 g/mol. The van der Waals surface area contributed by atoms with Crippen molar-refractivity contribution in [3.8, 4) is 50.2 Å². The summed E-state index contributed by atoms with van der Waals surface area (Å²) in [6, 6.07) is 60.1. The van der Waals surface area contributed by atoms with Gasteiger partial charge in [-0.05, 0) is 141 Å². The van der Waals surface area contributed by atoms with E-state index in [0.717, 1.165) is 27.6 Å². The lowest BCUT2D eigenvalue weighted by atomic mass is 9.81. The number of benzene rings is 8. The molecule has 0 amide bonds. The van der Waals surface area contributed by atoms with E-state index in [-0.39, 0.29) is 5.41 Å². The molecule has 1 aliphatic carbocycles. The molecule has 0 unspecified atom stereocenters. The lowest BCUT2D eigenvalue weighted by molar-refractivity contribution is 0.660. The molecule has 11 rings (SSSR count). The van der Waals surface area contributed by atoms with Crippen LogP contribution in [0.2, 0.25) is 0 Å². The van der Waals surface area contributed by atoms with Crippen molar-refractivity contribution in [2.24, 2.45) is 0 Å². The summed E-state index contributed by atoms with van der Waals surface area (Å²) < 4.78 is 8.91. The summed E-state index contributed by atoms with van der Waals surface area (Å²) in [4.78, 5) is 0. The number of aromatic nitrogens is 1. The third kappa shape index (κ3) is 4.68. The zero-order chi connectivity index (χ0) is 37.0. The number of fused-ring (bicyclic) bond motifs is 9. The van der Waals surface area contributed by atoms with Crippen molar-refractivity contribution in [1.82, 2.24) is 4.57 Å². The van der Waals surface area contributed by atoms with Gasteiger partial charge in [0.05, 0.1) is 11.0 Å². The summed E-state index contributed by atoms with van der Waals surface area (Å²) in [5.41, 5.74) is 20.8. The monoisotopic (exact) mass is 705 g/mol. The van der Waals surface area contributed by atoms with Crippen LogP contribution in [0, 0.1) is 13.8 Å². The normalized spacial score (nSPS) is 13.2. The maximum absolute atomic E-state index is 6.54. The first-order valence-corrected chi connectivity index (χ1v) is 19.3. The maximum Gasteiger partial charge on any atom is 0.136 e. The minimum absolute atomic E-state index is 0.0134. The van der Waals surface area contributed by atoms with E-state index >= 15 is 0 Å². The van der Waals surface area contributed by atoms with Gasteiger partial charge >= 0.3 is 0 Å². The zero-order valence-corrected chi connectivity index (χ0v) is 31.4. The van der Waals surface area contributed by atoms with Crippen LogP contribution in [-0.2, 0) is 5.41 Å². The first-order chi connectivity index (χ1) is 26.8. The van der Waals surface area contributed by atoms with Gasteiger partial charge in [0.1, 0.15) is 11.2 Å². The highest BCUT2D eigenvalue weighted by atomic mass is 16.3. The molecule has 1 aliphatic rings. The standard InChI is InChI=1S/C53H39NO/c1-32-21-22-34(28-41(32)42-31-43-39-15-8-10-18-46(39)53(3,4)47(43)27-33(42)2)35-24-26-50-45(29-35)52-38(17-12-20-51(52)55-50)36-23-25-49-44(30-36)40-16-9-11-19-48(40)54(49)37-13-6-5-7-14-37/h5-31H,1-4H3. The fraction of sp³-hybridized carbons (Fsp3) is 0.0943. The van der Waals surface area contributed by atoms with Crippen molar-refractivity contribution in [2.45, 2.75) is 33.1 Å². The molecule has 55 heavy (non-hydrogen) atoms. The highest BCUT2D eigenvalue weighted by molar-refractivity contribution is 6.15. The van der Waals surface area contributed by atoms with E-state index < -0.39 is 0 Å². The fourth-order valence-electron chi connectivity index (χ4n) is 9.48. The molecule has 0 aliphatic heterocycles. The first kappa shape index (κ1) is 31.8. The highest BCUT2D eigenvalue weighted by Gasteiger charge is 2.35. The Morgan fingerprint density at radius 1 is 0.418 bits per heavy atom. The quantitative estimate of drug-likeness (QED) is 0.178. The fourth-order valence-corrected chi connectivity index (χ4v) is 9.48. The number of hydrogen-bond donors (Lipinski definition) is 0. The summed E-state index contributed by atoms with van der Waals surface area (Å²) in [7, 11) is 0. The lowest BCUT2D eigenvalue weighted by Gasteiger charge is -2.22. The molecule has 2 heteroatoms. The second-order valence-electron chi connectivity index (χ2n) is 15.8. The molecule has 0 saturated heterocycles. The van der Waals surface area contributed by atoms with E-state index in [4.69, 9.17) is 4.42 Å². The number of rotatable bonds is 4. The molecule has 0 saturated carbocycles. The minimum Gasteiger partial charge on any atom is -0.456 e. The van der Waals surface area contributed by atoms with Crippen LogP contribution in [0.1, 0.15) is 36.1 Å². The van der Waals surface area contributed by atoms with Crippen molar-refractivity contribution in [3.63, 3.8) is 0 Å². The molecule has 0 fully saturated rings. The number of aryl methyl sites for hydroxylation is 2. The van der Waals surface area contributed by atoms with Gasteiger partial charge in [-0.3, -0.25) is 0 Å². The van der Waals surface area contributed by atoms with Crippen LogP contribution in [0.5, 0.6) is 0 Å². The molecule has 2 nitrogen and oxygen atoms in total. The third-order valence-corrected chi connectivity index (χ3v) is 12.3. The van der Waals surface area contributed by atoms with Crippen molar-refractivity contribution >= 4 is 43.7 Å². The molecule has 2 heterocycles. The number of hydrogen-bond acceptors (Lipinski definition) is 1. The van der Waals surface area contributed by atoms with E-state index in [1.807, 2.05) is 0 Å². The largest absolute Gasteiger partial charge is 0.456 e. The maximum atomic E-state index is 6.54. The zero-order valence-electron chi connectivity index (χ0n) is 31.4. The van der Waals surface area contributed by atoms with Crippen molar-refractivity contribution < 1.29 is 4.42 Å². The smallest absolute Gasteiger partial charge is 0.136 e. The minimum atomic E-state index is -0.0134. The Kier molecular flexibility index (Phi) is 6.76. The Hall–Kier alpha value is -6.64. The van der Waals surface area contributed by atoms with E-state index in [9.17, 15) is 0 Å². The lowest BCUT2D eigenvalue weighted by Crippen LogP contribution is -2.15. The van der Waals surface area contributed by atoms with Gasteiger partial charge in [0.2, 0.25) is 0 Å². The Balaban J connectivity index is 1.05. The molecule has 0 bridgehead atoms. The molecule has 0 N–H and O–H groups in total. The Bertz CT molecular complexity index is 3190. The Morgan fingerprint density at radius 2 is 1.11 bits per heavy atom. The second kappa shape index (κ2) is 11.7. The van der Waals surface area contributed by atoms with Gasteiger partial charge in [0.25, 0.3) is 0 Å². The van der Waals surface area contributed by atoms with E-state index in [1.54, 1.807) is 0 Å². The van der Waals surface area contributed by atoms with E-state index in [1.165, 1.54) is 88.6 Å². The number of nitrogens with zero attached hydrogens (tertiary/aromatic N) is 1. The van der Waals surface area contributed by atoms with Gasteiger partial charge < -0.3 is 8.98 Å². The molecule has 8 aromatic carbocycles. The molecule has 0 spiro atoms. The van der Waals surface area contributed by atoms with Crippen LogP contribution in [0.3, 0.4) is 0 Å². The topological polar surface area (TPSA) is 18.1 Å². The predicted octanol–water partition coefficient (Wildman–Crippen LogP) is 14.6. The van der Waals surface area contributed by atoms with E-state index in [2.05, 4.69) is 196 Å². The summed E-state index contributed by atoms with van der Waals surface area (Å²) in [6.45, 7) is 9.21. The van der Waals surface area contributed by atoms with E-state index in [0.29, 0.717) is 0 Å². The number of para-hydroxylation sites is 2. The average Bonchev–Trinajstić information content (AvgIpc) is 3.83. The van der Waals surface area contributed by atoms with Gasteiger partial charge in [-0.25, -0.2) is 0 Å². The van der Waals surface area contributed by atoms with Gasteiger partial charge in [0, 0.05) is 32.6 Å². The van der Waals surface area contributed by atoms with Crippen LogP contribution < -0.4 is 0 Å². The van der Waals surface area contributed by atoms with Crippen LogP contribution in [0.4, 0.5) is 0 Å². The highest BCUT2D eigenvalue weighted by Crippen LogP contribution is 2.51. The molecule has 262 valence electrons. The van der Waals surface area contributed by atoms with Gasteiger partial charge in [-0.2, -0.15) is 0 Å². The van der Waals surface area contributed by atoms with Crippen molar-refractivity contribution in [1.29, 1.82) is 0 Å². The van der Waals surface area contributed by atoms with Crippen molar-refractivity contribution in [2.75, 3.05) is 0 Å². The molecular weight excluding hydrogens is 667 g/mol. The summed E-state index contributed by atoms with van der Waals surface area (Å²) in [6.07, 6.45) is 0. The van der Waals surface area contributed by atoms with Gasteiger partial charge in [-0.1, -0.05) is 117 Å². The predicted molar refractivity (Wildman–Crippen MR) is 231 cm³/mol. The number of furan rings is 1. The molecular formula is C53H39NO. The second-order valence-corrected chi connectivity index (χ2v) is 15.8. The van der Waals surface area contributed by atoms with Gasteiger partial charge in [0.15, 0.2) is 0 Å². The summed E-state index contributed by atoms with van der Waals surface area (Å²) in [5.74, 6) is 0. The molecule has 10 aromatic rings. The van der Waals surface area contributed by atoms with Crippen LogP contribution in [0.25, 0.3) is 93.9 Å².